The molecule has 2 atom stereocenters. The summed E-state index contributed by atoms with van der Waals surface area (Å²) in [5.41, 5.74) is 2.34. The van der Waals surface area contributed by atoms with Crippen LogP contribution in [0.15, 0.2) is 65.0 Å². The second-order valence-corrected chi connectivity index (χ2v) is 19.6. The van der Waals surface area contributed by atoms with E-state index in [-0.39, 0.29) is 24.6 Å². The number of nitrogens with zero attached hydrogens (tertiary/aromatic N) is 10. The lowest BCUT2D eigenvalue weighted by atomic mass is 10.0. The topological polar surface area (TPSA) is 183 Å². The number of benzene rings is 2. The van der Waals surface area contributed by atoms with E-state index < -0.39 is 37.5 Å². The summed E-state index contributed by atoms with van der Waals surface area (Å²) in [4.78, 5) is 56.9. The fraction of sp³-hybridized carbons (Fsp3) is 0.355. The Hall–Kier alpha value is -4.59. The molecule has 1 saturated heterocycles. The van der Waals surface area contributed by atoms with Gasteiger partial charge in [-0.1, -0.05) is 53.7 Å². The molecular formula is C31H34ClN11O5S2Si. The van der Waals surface area contributed by atoms with Crippen LogP contribution in [-0.2, 0) is 38.8 Å². The number of hydrogen-bond acceptors (Lipinski definition) is 13. The number of rotatable bonds is 12. The van der Waals surface area contributed by atoms with Crippen LogP contribution in [0.4, 0.5) is 5.69 Å². The number of carbonyl (C=O) groups excluding carboxylic acids is 4. The molecule has 2 aromatic carbocycles. The van der Waals surface area contributed by atoms with Crippen LogP contribution in [-0.4, -0.2) is 107 Å². The lowest BCUT2D eigenvalue weighted by Crippen LogP contribution is -2.71. The van der Waals surface area contributed by atoms with E-state index in [4.69, 9.17) is 16.0 Å². The van der Waals surface area contributed by atoms with Gasteiger partial charge in [-0.15, -0.1) is 22.0 Å². The second-order valence-electron chi connectivity index (χ2n) is 12.7. The van der Waals surface area contributed by atoms with Crippen molar-refractivity contribution in [1.82, 2.24) is 50.6 Å². The Kier molecular flexibility index (Phi) is 10.6. The average molecular weight is 768 g/mol. The van der Waals surface area contributed by atoms with Crippen molar-refractivity contribution in [2.24, 2.45) is 7.05 Å². The van der Waals surface area contributed by atoms with E-state index in [1.165, 1.54) is 38.0 Å². The summed E-state index contributed by atoms with van der Waals surface area (Å²) in [6, 6.07) is 13.0. The Morgan fingerprint density at radius 1 is 1.08 bits per heavy atom. The van der Waals surface area contributed by atoms with Gasteiger partial charge >= 0.3 is 5.97 Å². The van der Waals surface area contributed by atoms with Gasteiger partial charge in [0.05, 0.1) is 17.0 Å². The molecule has 0 spiro atoms. The van der Waals surface area contributed by atoms with Gasteiger partial charge in [-0.25, -0.2) is 14.2 Å². The number of hydrogen-bond donors (Lipinski definition) is 1. The highest BCUT2D eigenvalue weighted by Gasteiger charge is 2.54. The van der Waals surface area contributed by atoms with E-state index in [0.29, 0.717) is 49.9 Å². The predicted molar refractivity (Wildman–Crippen MR) is 192 cm³/mol. The van der Waals surface area contributed by atoms with Gasteiger partial charge in [-0.05, 0) is 69.8 Å². The van der Waals surface area contributed by atoms with Gasteiger partial charge in [-0.2, -0.15) is 0 Å². The lowest BCUT2D eigenvalue weighted by Gasteiger charge is -2.50. The molecule has 51 heavy (non-hydrogen) atoms. The average Bonchev–Trinajstić information content (AvgIpc) is 3.72. The minimum absolute atomic E-state index is 0.0845. The number of anilines is 1. The zero-order valence-corrected chi connectivity index (χ0v) is 31.7. The van der Waals surface area contributed by atoms with Crippen LogP contribution < -0.4 is 10.2 Å². The van der Waals surface area contributed by atoms with Gasteiger partial charge in [0.25, 0.3) is 11.8 Å². The number of aromatic nitrogens is 8. The van der Waals surface area contributed by atoms with Crippen LogP contribution in [0.1, 0.15) is 21.7 Å². The summed E-state index contributed by atoms with van der Waals surface area (Å²) >= 11 is 9.03. The first-order valence-corrected chi connectivity index (χ1v) is 21.5. The molecule has 2 unspecified atom stereocenters. The largest absolute Gasteiger partial charge is 0.515 e. The molecule has 0 radical (unpaired) electrons. The maximum absolute atomic E-state index is 13.7. The van der Waals surface area contributed by atoms with Crippen molar-refractivity contribution in [2.75, 3.05) is 23.5 Å². The Balaban J connectivity index is 1.16. The van der Waals surface area contributed by atoms with Crippen molar-refractivity contribution >= 4 is 72.8 Å². The summed E-state index contributed by atoms with van der Waals surface area (Å²) in [7, 11) is 0.991. The zero-order chi connectivity index (χ0) is 36.4. The number of thioether (sulfide) groups is 2. The fourth-order valence-electron chi connectivity index (χ4n) is 5.49. The summed E-state index contributed by atoms with van der Waals surface area (Å²) in [6.45, 7) is 5.91. The Morgan fingerprint density at radius 2 is 1.80 bits per heavy atom. The molecule has 0 bridgehead atoms. The zero-order valence-electron chi connectivity index (χ0n) is 28.3. The molecule has 20 heteroatoms. The monoisotopic (exact) mass is 767 g/mol. The fourth-order valence-corrected chi connectivity index (χ4v) is 8.72. The first-order valence-electron chi connectivity index (χ1n) is 15.7. The van der Waals surface area contributed by atoms with Crippen LogP contribution in [0.3, 0.4) is 0 Å². The van der Waals surface area contributed by atoms with Gasteiger partial charge < -0.3 is 14.6 Å². The predicted octanol–water partition coefficient (Wildman–Crippen LogP) is 2.54. The highest BCUT2D eigenvalue weighted by atomic mass is 35.5. The van der Waals surface area contributed by atoms with E-state index in [1.54, 1.807) is 67.3 Å². The first kappa shape index (κ1) is 36.2. The van der Waals surface area contributed by atoms with Crippen LogP contribution in [0.5, 0.6) is 0 Å². The van der Waals surface area contributed by atoms with Crippen molar-refractivity contribution in [2.45, 2.75) is 49.2 Å². The van der Waals surface area contributed by atoms with Gasteiger partial charge in [0.15, 0.2) is 5.82 Å². The highest BCUT2D eigenvalue weighted by Crippen LogP contribution is 2.42. The number of β-lactam (4-membered cyclic amide) rings is 1. The Morgan fingerprint density at radius 3 is 2.53 bits per heavy atom. The number of amides is 3. The van der Waals surface area contributed by atoms with Crippen molar-refractivity contribution in [3.05, 3.63) is 81.8 Å². The number of nitrogens with one attached hydrogen (secondary N) is 1. The quantitative estimate of drug-likeness (QED) is 0.126. The third kappa shape index (κ3) is 7.85. The van der Waals surface area contributed by atoms with E-state index in [9.17, 15) is 19.2 Å². The minimum atomic E-state index is -2.34. The van der Waals surface area contributed by atoms with Crippen LogP contribution in [0.25, 0.3) is 0 Å². The van der Waals surface area contributed by atoms with Crippen LogP contribution >= 0.6 is 35.1 Å². The molecule has 0 aliphatic carbocycles. The molecule has 3 amide bonds. The maximum Gasteiger partial charge on any atom is 0.341 e. The molecule has 1 N–H and O–H groups in total. The number of halogens is 1. The molecule has 4 aromatic rings. The smallest absolute Gasteiger partial charge is 0.341 e. The number of tetrazole rings is 2. The van der Waals surface area contributed by atoms with E-state index in [2.05, 4.69) is 36.4 Å². The van der Waals surface area contributed by atoms with E-state index >= 15 is 0 Å². The molecule has 2 aliphatic heterocycles. The molecule has 1 fully saturated rings. The summed E-state index contributed by atoms with van der Waals surface area (Å²) in [6.07, 6.45) is -0.0845. The summed E-state index contributed by atoms with van der Waals surface area (Å²) in [5.74, 6) is -0.431. The third-order valence-corrected chi connectivity index (χ3v) is 11.5. The van der Waals surface area contributed by atoms with Crippen molar-refractivity contribution in [1.29, 1.82) is 0 Å². The van der Waals surface area contributed by atoms with Gasteiger partial charge in [-0.3, -0.25) is 19.3 Å². The van der Waals surface area contributed by atoms with E-state index in [0.717, 1.165) is 0 Å². The van der Waals surface area contributed by atoms with E-state index in [1.807, 2.05) is 19.6 Å². The molecular weight excluding hydrogens is 734 g/mol. The first-order chi connectivity index (χ1) is 24.3. The van der Waals surface area contributed by atoms with Crippen molar-refractivity contribution < 1.29 is 23.6 Å². The standard InChI is InChI=1S/C31H34ClN11O5S2Si/c1-40(27(45)20-11-7-8-12-21(20)32)22-13-9-6-10-18(22)14-24(44)33-25-28(46)43-26(30(47)48-51(3,4)5)19(16-49-29(25)43)17-50-31-35-37-39-42(31)15-23-34-36-38-41(23)2/h6-13,25,29H,14-17H2,1-5H3,(H,33,44). The van der Waals surface area contributed by atoms with Crippen LogP contribution in [0.2, 0.25) is 24.7 Å². The van der Waals surface area contributed by atoms with Gasteiger partial charge in [0.1, 0.15) is 23.7 Å². The number of fused-ring (bicyclic) bond motifs is 1. The highest BCUT2D eigenvalue weighted by molar-refractivity contribution is 8.01. The minimum Gasteiger partial charge on any atom is -0.515 e. The molecule has 2 aromatic heterocycles. The summed E-state index contributed by atoms with van der Waals surface area (Å²) in [5, 5.41) is 26.6. The maximum atomic E-state index is 13.7. The number of carbonyl (C=O) groups is 4. The molecule has 16 nitrogen and oxygen atoms in total. The number of para-hydroxylation sites is 1. The molecule has 266 valence electrons. The SMILES string of the molecule is CN(C(=O)c1ccccc1Cl)c1ccccc1CC(=O)NC1C(=O)N2C(C(=O)O[Si](C)(C)C)=C(CSc3nnnn3Cc3nnnn3C)CSC12. The Bertz CT molecular complexity index is 2030. The van der Waals surface area contributed by atoms with Crippen molar-refractivity contribution in [3.8, 4) is 0 Å². The number of aryl methyl sites for hydroxylation is 1. The molecule has 2 aliphatic rings. The third-order valence-electron chi connectivity index (χ3n) is 7.94. The molecule has 4 heterocycles. The summed E-state index contributed by atoms with van der Waals surface area (Å²) < 4.78 is 8.95. The Labute approximate surface area is 307 Å². The van der Waals surface area contributed by atoms with Gasteiger partial charge in [0.2, 0.25) is 19.4 Å². The second kappa shape index (κ2) is 14.9. The lowest BCUT2D eigenvalue weighted by molar-refractivity contribution is -0.150. The van der Waals surface area contributed by atoms with Gasteiger partial charge in [0, 0.05) is 31.3 Å². The molecule has 0 saturated carbocycles. The normalized spacial score (nSPS) is 17.1. The molecule has 6 rings (SSSR count). The van der Waals surface area contributed by atoms with Crippen LogP contribution in [0, 0.1) is 0 Å². The van der Waals surface area contributed by atoms with Crippen molar-refractivity contribution in [3.63, 3.8) is 0 Å².